The number of hydrogen-bond acceptors (Lipinski definition) is 6. The third kappa shape index (κ3) is 4.21. The summed E-state index contributed by atoms with van der Waals surface area (Å²) in [6.07, 6.45) is 7.96. The second-order valence-electron chi connectivity index (χ2n) is 8.96. The number of halogens is 1. The Morgan fingerprint density at radius 3 is 2.88 bits per heavy atom. The maximum Gasteiger partial charge on any atom is 0.255 e. The zero-order valence-corrected chi connectivity index (χ0v) is 20.3. The van der Waals surface area contributed by atoms with Gasteiger partial charge in [-0.2, -0.15) is 0 Å². The molecule has 0 atom stereocenters. The largest absolute Gasteiger partial charge is 0.342 e. The molecule has 34 heavy (non-hydrogen) atoms. The van der Waals surface area contributed by atoms with Crippen LogP contribution in [0, 0.1) is 0 Å². The molecule has 0 fully saturated rings. The molecule has 3 aromatic heterocycles. The van der Waals surface area contributed by atoms with Gasteiger partial charge in [0, 0.05) is 60.8 Å². The lowest BCUT2D eigenvalue weighted by molar-refractivity contribution is 0.242. The standard InChI is InChI=1S/C25H25ClN6OS/c26-25-28-11-17(34-25)14-32-13-16(18-5-1-2-7-22(18)32)12-31-10-8-20-19(15-31)24(33)30-23(29-20)21-6-3-4-9-27-21/h1-2,5,7,11,13H,3-4,6,8-10,12,14-15H2,(H,29,30,33). The fourth-order valence-corrected chi connectivity index (χ4v) is 5.97. The third-order valence-electron chi connectivity index (χ3n) is 6.66. The Morgan fingerprint density at radius 2 is 2.06 bits per heavy atom. The Labute approximate surface area is 206 Å². The molecule has 0 radical (unpaired) electrons. The predicted octanol–water partition coefficient (Wildman–Crippen LogP) is 4.41. The zero-order chi connectivity index (χ0) is 23.1. The highest BCUT2D eigenvalue weighted by molar-refractivity contribution is 7.15. The highest BCUT2D eigenvalue weighted by atomic mass is 35.5. The maximum absolute atomic E-state index is 13.0. The van der Waals surface area contributed by atoms with Crippen molar-refractivity contribution in [1.82, 2.24) is 24.4 Å². The molecule has 0 saturated carbocycles. The van der Waals surface area contributed by atoms with Crippen LogP contribution >= 0.6 is 22.9 Å². The molecule has 7 nitrogen and oxygen atoms in total. The van der Waals surface area contributed by atoms with Gasteiger partial charge in [0.2, 0.25) is 0 Å². The van der Waals surface area contributed by atoms with Gasteiger partial charge in [0.25, 0.3) is 5.56 Å². The number of para-hydroxylation sites is 1. The SMILES string of the molecule is O=c1[nH]c(C2=NCCCC2)nc2c1CN(Cc1cn(Cc3cnc(Cl)s3)c3ccccc13)CC2. The molecule has 5 heterocycles. The molecule has 174 valence electrons. The number of fused-ring (bicyclic) bond motifs is 2. The summed E-state index contributed by atoms with van der Waals surface area (Å²) in [5.41, 5.74) is 5.08. The summed E-state index contributed by atoms with van der Waals surface area (Å²) in [7, 11) is 0. The van der Waals surface area contributed by atoms with Crippen LogP contribution in [0.4, 0.5) is 0 Å². The van der Waals surface area contributed by atoms with Crippen molar-refractivity contribution < 1.29 is 0 Å². The number of benzene rings is 1. The minimum absolute atomic E-state index is 0.0255. The molecule has 0 unspecified atom stereocenters. The van der Waals surface area contributed by atoms with E-state index in [0.717, 1.165) is 73.7 Å². The van der Waals surface area contributed by atoms with Crippen molar-refractivity contribution in [2.75, 3.05) is 13.1 Å². The Kier molecular flexibility index (Phi) is 5.80. The number of aromatic nitrogens is 4. The lowest BCUT2D eigenvalue weighted by atomic mass is 10.0. The van der Waals surface area contributed by atoms with Gasteiger partial charge in [-0.15, -0.1) is 11.3 Å². The van der Waals surface area contributed by atoms with Crippen molar-refractivity contribution in [3.63, 3.8) is 0 Å². The molecule has 0 aliphatic carbocycles. The van der Waals surface area contributed by atoms with E-state index < -0.39 is 0 Å². The van der Waals surface area contributed by atoms with Crippen molar-refractivity contribution in [2.24, 2.45) is 4.99 Å². The van der Waals surface area contributed by atoms with Crippen LogP contribution in [0.25, 0.3) is 10.9 Å². The van der Waals surface area contributed by atoms with E-state index in [4.69, 9.17) is 16.6 Å². The third-order valence-corrected chi connectivity index (χ3v) is 7.76. The molecule has 2 aliphatic rings. The minimum Gasteiger partial charge on any atom is -0.342 e. The van der Waals surface area contributed by atoms with E-state index in [1.807, 2.05) is 6.20 Å². The van der Waals surface area contributed by atoms with Crippen LogP contribution in [0.15, 0.2) is 46.4 Å². The molecule has 0 bridgehead atoms. The van der Waals surface area contributed by atoms with Crippen molar-refractivity contribution in [3.8, 4) is 0 Å². The summed E-state index contributed by atoms with van der Waals surface area (Å²) >= 11 is 7.55. The average Bonchev–Trinajstić information content (AvgIpc) is 3.43. The molecule has 0 amide bonds. The maximum atomic E-state index is 13.0. The first-order valence-corrected chi connectivity index (χ1v) is 12.9. The number of thiazole rings is 1. The number of nitrogens with zero attached hydrogens (tertiary/aromatic N) is 5. The molecule has 1 aromatic carbocycles. The quantitative estimate of drug-likeness (QED) is 0.447. The van der Waals surface area contributed by atoms with Gasteiger partial charge in [-0.3, -0.25) is 14.7 Å². The van der Waals surface area contributed by atoms with E-state index >= 15 is 0 Å². The van der Waals surface area contributed by atoms with Crippen molar-refractivity contribution in [2.45, 2.75) is 45.3 Å². The van der Waals surface area contributed by atoms with Gasteiger partial charge in [-0.05, 0) is 30.9 Å². The average molecular weight is 493 g/mol. The van der Waals surface area contributed by atoms with Crippen LogP contribution in [-0.4, -0.2) is 43.2 Å². The second kappa shape index (κ2) is 9.09. The molecule has 0 spiro atoms. The van der Waals surface area contributed by atoms with Crippen molar-refractivity contribution in [3.05, 3.63) is 79.0 Å². The fraction of sp³-hybridized carbons (Fsp3) is 0.360. The number of aliphatic imine (C=N–C) groups is 1. The lowest BCUT2D eigenvalue weighted by Crippen LogP contribution is -2.36. The van der Waals surface area contributed by atoms with Gasteiger partial charge in [0.15, 0.2) is 10.3 Å². The highest BCUT2D eigenvalue weighted by Crippen LogP contribution is 2.27. The van der Waals surface area contributed by atoms with Crippen LogP contribution in [0.3, 0.4) is 0 Å². The fourth-order valence-electron chi connectivity index (χ4n) is 4.99. The van der Waals surface area contributed by atoms with Gasteiger partial charge >= 0.3 is 0 Å². The van der Waals surface area contributed by atoms with Crippen molar-refractivity contribution >= 4 is 39.6 Å². The summed E-state index contributed by atoms with van der Waals surface area (Å²) in [5.74, 6) is 0.670. The van der Waals surface area contributed by atoms with Gasteiger partial charge in [0.1, 0.15) is 0 Å². The topological polar surface area (TPSA) is 79.2 Å². The Balaban J connectivity index is 1.25. The summed E-state index contributed by atoms with van der Waals surface area (Å²) in [5, 5.41) is 1.24. The molecule has 2 aliphatic heterocycles. The van der Waals surface area contributed by atoms with Crippen molar-refractivity contribution in [1.29, 1.82) is 0 Å². The van der Waals surface area contributed by atoms with Crippen LogP contribution in [-0.2, 0) is 26.1 Å². The first-order valence-electron chi connectivity index (χ1n) is 11.7. The minimum atomic E-state index is -0.0255. The van der Waals surface area contributed by atoms with E-state index in [9.17, 15) is 4.79 Å². The van der Waals surface area contributed by atoms with Gasteiger partial charge in [0.05, 0.1) is 23.5 Å². The van der Waals surface area contributed by atoms with E-state index in [0.29, 0.717) is 16.8 Å². The molecule has 6 rings (SSSR count). The molecular weight excluding hydrogens is 468 g/mol. The molecular formula is C25H25ClN6OS. The lowest BCUT2D eigenvalue weighted by Gasteiger charge is -2.27. The normalized spacial score (nSPS) is 16.6. The number of nitrogens with one attached hydrogen (secondary N) is 1. The van der Waals surface area contributed by atoms with E-state index in [2.05, 4.69) is 54.9 Å². The second-order valence-corrected chi connectivity index (χ2v) is 10.7. The zero-order valence-electron chi connectivity index (χ0n) is 18.8. The van der Waals surface area contributed by atoms with Crippen LogP contribution < -0.4 is 5.56 Å². The molecule has 9 heteroatoms. The molecule has 4 aromatic rings. The summed E-state index contributed by atoms with van der Waals surface area (Å²) in [4.78, 5) is 33.0. The van der Waals surface area contributed by atoms with E-state index in [1.165, 1.54) is 27.8 Å². The van der Waals surface area contributed by atoms with Crippen LogP contribution in [0.2, 0.25) is 4.47 Å². The monoisotopic (exact) mass is 492 g/mol. The summed E-state index contributed by atoms with van der Waals surface area (Å²) in [6.45, 7) is 3.83. The number of H-pyrrole nitrogens is 1. The highest BCUT2D eigenvalue weighted by Gasteiger charge is 2.24. The Morgan fingerprint density at radius 1 is 1.15 bits per heavy atom. The van der Waals surface area contributed by atoms with E-state index in [-0.39, 0.29) is 5.56 Å². The summed E-state index contributed by atoms with van der Waals surface area (Å²) in [6, 6.07) is 8.47. The molecule has 1 N–H and O–H groups in total. The number of hydrogen-bond donors (Lipinski definition) is 1. The predicted molar refractivity (Wildman–Crippen MR) is 136 cm³/mol. The van der Waals surface area contributed by atoms with E-state index in [1.54, 1.807) is 0 Å². The number of rotatable bonds is 5. The number of aromatic amines is 1. The Hall–Kier alpha value is -2.81. The van der Waals surface area contributed by atoms with Gasteiger partial charge in [-0.25, -0.2) is 9.97 Å². The Bertz CT molecular complexity index is 1450. The van der Waals surface area contributed by atoms with Crippen LogP contribution in [0.5, 0.6) is 0 Å². The van der Waals surface area contributed by atoms with Gasteiger partial charge < -0.3 is 9.55 Å². The smallest absolute Gasteiger partial charge is 0.255 e. The van der Waals surface area contributed by atoms with Gasteiger partial charge in [-0.1, -0.05) is 29.8 Å². The molecule has 0 saturated heterocycles. The summed E-state index contributed by atoms with van der Waals surface area (Å²) < 4.78 is 2.83. The van der Waals surface area contributed by atoms with Crippen LogP contribution in [0.1, 0.15) is 46.8 Å². The first-order chi connectivity index (χ1) is 16.6. The first kappa shape index (κ1) is 21.7.